The van der Waals surface area contributed by atoms with Gasteiger partial charge in [0.1, 0.15) is 17.7 Å². The summed E-state index contributed by atoms with van der Waals surface area (Å²) in [5, 5.41) is 15.2. The Labute approximate surface area is 220 Å². The first-order valence-electron chi connectivity index (χ1n) is 13.1. The van der Waals surface area contributed by atoms with E-state index in [0.717, 1.165) is 5.56 Å². The van der Waals surface area contributed by atoms with Gasteiger partial charge in [0.2, 0.25) is 11.8 Å². The first kappa shape index (κ1) is 30.1. The summed E-state index contributed by atoms with van der Waals surface area (Å²) in [5.41, 5.74) is -0.762. The second-order valence-corrected chi connectivity index (χ2v) is 11.3. The molecule has 0 aromatic heterocycles. The lowest BCUT2D eigenvalue weighted by molar-refractivity contribution is -0.144. The summed E-state index contributed by atoms with van der Waals surface area (Å²) in [7, 11) is 0. The van der Waals surface area contributed by atoms with Crippen molar-refractivity contribution in [3.63, 3.8) is 0 Å². The highest BCUT2D eigenvalue weighted by molar-refractivity contribution is 5.94. The number of aliphatic carboxylic acids is 1. The van der Waals surface area contributed by atoms with Gasteiger partial charge in [0.05, 0.1) is 5.41 Å². The summed E-state index contributed by atoms with van der Waals surface area (Å²) in [6.45, 7) is 13.3. The van der Waals surface area contributed by atoms with Gasteiger partial charge >= 0.3 is 12.1 Å². The van der Waals surface area contributed by atoms with Crippen molar-refractivity contribution in [2.24, 2.45) is 11.8 Å². The van der Waals surface area contributed by atoms with E-state index in [1.807, 2.05) is 71.9 Å². The van der Waals surface area contributed by atoms with Crippen LogP contribution >= 0.6 is 0 Å². The van der Waals surface area contributed by atoms with Crippen molar-refractivity contribution in [1.82, 2.24) is 15.5 Å². The number of nitrogens with one attached hydrogen (secondary N) is 2. The van der Waals surface area contributed by atoms with Crippen molar-refractivity contribution >= 4 is 23.9 Å². The van der Waals surface area contributed by atoms with E-state index in [0.29, 0.717) is 32.4 Å². The topological polar surface area (TPSA) is 125 Å². The van der Waals surface area contributed by atoms with Gasteiger partial charge in [-0.05, 0) is 51.0 Å². The molecule has 1 fully saturated rings. The highest BCUT2D eigenvalue weighted by Crippen LogP contribution is 2.36. The first-order chi connectivity index (χ1) is 17.2. The minimum absolute atomic E-state index is 0.266. The lowest BCUT2D eigenvalue weighted by Crippen LogP contribution is -2.60. The zero-order valence-electron chi connectivity index (χ0n) is 23.2. The number of benzene rings is 1. The van der Waals surface area contributed by atoms with Crippen LogP contribution in [0.2, 0.25) is 0 Å². The van der Waals surface area contributed by atoms with Crippen LogP contribution in [0.15, 0.2) is 30.3 Å². The number of carbonyl (C=O) groups excluding carboxylic acids is 3. The summed E-state index contributed by atoms with van der Waals surface area (Å²) in [6.07, 6.45) is 0.887. The van der Waals surface area contributed by atoms with Crippen LogP contribution in [0.1, 0.15) is 73.3 Å². The molecule has 3 amide bonds. The fourth-order valence-electron chi connectivity index (χ4n) is 4.54. The molecule has 3 atom stereocenters. The second-order valence-electron chi connectivity index (χ2n) is 11.3. The Hall–Kier alpha value is -3.10. The Bertz CT molecular complexity index is 948. The molecule has 1 unspecified atom stereocenters. The van der Waals surface area contributed by atoms with Crippen LogP contribution < -0.4 is 10.6 Å². The van der Waals surface area contributed by atoms with Gasteiger partial charge in [-0.1, -0.05) is 64.4 Å². The van der Waals surface area contributed by atoms with Gasteiger partial charge in [0.15, 0.2) is 0 Å². The Morgan fingerprint density at radius 2 is 1.57 bits per heavy atom. The van der Waals surface area contributed by atoms with Crippen molar-refractivity contribution in [2.75, 3.05) is 13.1 Å². The van der Waals surface area contributed by atoms with Gasteiger partial charge in [-0.2, -0.15) is 0 Å². The highest BCUT2D eigenvalue weighted by atomic mass is 16.6. The van der Waals surface area contributed by atoms with E-state index in [2.05, 4.69) is 10.6 Å². The van der Waals surface area contributed by atoms with Crippen LogP contribution in [0.4, 0.5) is 4.79 Å². The van der Waals surface area contributed by atoms with Crippen LogP contribution in [0, 0.1) is 11.8 Å². The molecular formula is C28H43N3O6. The minimum atomic E-state index is -1.10. The van der Waals surface area contributed by atoms with Gasteiger partial charge in [0.25, 0.3) is 0 Å². The fourth-order valence-corrected chi connectivity index (χ4v) is 4.54. The second kappa shape index (κ2) is 12.4. The molecule has 1 aliphatic heterocycles. The molecule has 1 saturated heterocycles. The summed E-state index contributed by atoms with van der Waals surface area (Å²) < 4.78 is 5.51. The monoisotopic (exact) mass is 517 g/mol. The van der Waals surface area contributed by atoms with Crippen LogP contribution in [-0.2, 0) is 24.5 Å². The number of rotatable bonds is 9. The zero-order valence-corrected chi connectivity index (χ0v) is 23.2. The third kappa shape index (κ3) is 7.69. The molecule has 0 saturated carbocycles. The number of piperidine rings is 1. The molecule has 0 bridgehead atoms. The average molecular weight is 518 g/mol. The number of carbonyl (C=O) groups is 4. The predicted molar refractivity (Wildman–Crippen MR) is 141 cm³/mol. The normalized spacial score (nSPS) is 17.9. The van der Waals surface area contributed by atoms with E-state index < -0.39 is 41.1 Å². The molecule has 0 radical (unpaired) electrons. The molecule has 2 rings (SSSR count). The Balaban J connectivity index is 2.28. The van der Waals surface area contributed by atoms with E-state index >= 15 is 0 Å². The predicted octanol–water partition coefficient (Wildman–Crippen LogP) is 3.71. The molecule has 9 heteroatoms. The van der Waals surface area contributed by atoms with E-state index in [9.17, 15) is 24.3 Å². The Kier molecular flexibility index (Phi) is 10.1. The number of carboxylic acids is 1. The SMILES string of the molecule is CCC(C)[C@H](NC(=O)[C@H](NC(=O)C1(c2ccccc2)CCN(C(=O)OC(C)(C)C)CC1)C(C)C)C(=O)O. The maximum atomic E-state index is 13.9. The van der Waals surface area contributed by atoms with Gasteiger partial charge in [-0.25, -0.2) is 9.59 Å². The lowest BCUT2D eigenvalue weighted by Gasteiger charge is -2.42. The number of likely N-dealkylation sites (tertiary alicyclic amines) is 1. The summed E-state index contributed by atoms with van der Waals surface area (Å²) >= 11 is 0. The van der Waals surface area contributed by atoms with Crippen molar-refractivity contribution in [3.05, 3.63) is 35.9 Å². The molecule has 37 heavy (non-hydrogen) atoms. The van der Waals surface area contributed by atoms with Gasteiger partial charge in [0, 0.05) is 13.1 Å². The number of amides is 3. The van der Waals surface area contributed by atoms with Gasteiger partial charge < -0.3 is 25.4 Å². The fraction of sp³-hybridized carbons (Fsp3) is 0.643. The molecule has 0 aliphatic carbocycles. The third-order valence-corrected chi connectivity index (χ3v) is 7.04. The summed E-state index contributed by atoms with van der Waals surface area (Å²) in [5.74, 6) is -2.48. The largest absolute Gasteiger partial charge is 0.480 e. The smallest absolute Gasteiger partial charge is 0.410 e. The maximum Gasteiger partial charge on any atom is 0.410 e. The molecule has 9 nitrogen and oxygen atoms in total. The van der Waals surface area contributed by atoms with E-state index in [1.54, 1.807) is 11.8 Å². The van der Waals surface area contributed by atoms with Crippen molar-refractivity contribution in [1.29, 1.82) is 0 Å². The standard InChI is InChI=1S/C28H43N3O6/c1-8-19(4)22(24(33)34)29-23(32)21(18(2)3)30-25(35)28(20-12-10-9-11-13-20)14-16-31(17-15-28)26(36)37-27(5,6)7/h9-13,18-19,21-22H,8,14-17H2,1-7H3,(H,29,32)(H,30,35)(H,33,34)/t19?,21-,22+/m1/s1. The Morgan fingerprint density at radius 1 is 1.00 bits per heavy atom. The third-order valence-electron chi connectivity index (χ3n) is 7.04. The highest BCUT2D eigenvalue weighted by Gasteiger charge is 2.46. The quantitative estimate of drug-likeness (QED) is 0.459. The number of hydrogen-bond donors (Lipinski definition) is 3. The van der Waals surface area contributed by atoms with Crippen molar-refractivity contribution in [3.8, 4) is 0 Å². The van der Waals surface area contributed by atoms with E-state index in [1.165, 1.54) is 0 Å². The summed E-state index contributed by atoms with van der Waals surface area (Å²) in [6, 6.07) is 7.41. The summed E-state index contributed by atoms with van der Waals surface area (Å²) in [4.78, 5) is 53.1. The van der Waals surface area contributed by atoms with Crippen LogP contribution in [0.25, 0.3) is 0 Å². The molecule has 1 aromatic carbocycles. The molecule has 3 N–H and O–H groups in total. The molecular weight excluding hydrogens is 474 g/mol. The molecule has 0 spiro atoms. The molecule has 206 valence electrons. The zero-order chi connectivity index (χ0) is 28.0. The lowest BCUT2D eigenvalue weighted by atomic mass is 9.71. The van der Waals surface area contributed by atoms with Crippen molar-refractivity contribution in [2.45, 2.75) is 90.8 Å². The Morgan fingerprint density at radius 3 is 2.03 bits per heavy atom. The molecule has 1 heterocycles. The van der Waals surface area contributed by atoms with Crippen LogP contribution in [0.5, 0.6) is 0 Å². The minimum Gasteiger partial charge on any atom is -0.480 e. The van der Waals surface area contributed by atoms with Gasteiger partial charge in [-0.15, -0.1) is 0 Å². The van der Waals surface area contributed by atoms with E-state index in [-0.39, 0.29) is 17.7 Å². The maximum absolute atomic E-state index is 13.9. The molecule has 1 aromatic rings. The number of ether oxygens (including phenoxy) is 1. The number of nitrogens with zero attached hydrogens (tertiary/aromatic N) is 1. The van der Waals surface area contributed by atoms with Crippen LogP contribution in [-0.4, -0.2) is 64.7 Å². The van der Waals surface area contributed by atoms with Gasteiger partial charge in [-0.3, -0.25) is 9.59 Å². The van der Waals surface area contributed by atoms with Crippen LogP contribution in [0.3, 0.4) is 0 Å². The van der Waals surface area contributed by atoms with E-state index in [4.69, 9.17) is 4.74 Å². The van der Waals surface area contributed by atoms with Crippen molar-refractivity contribution < 1.29 is 29.0 Å². The average Bonchev–Trinajstić information content (AvgIpc) is 2.84. The first-order valence-corrected chi connectivity index (χ1v) is 13.1. The molecule has 1 aliphatic rings. The number of hydrogen-bond acceptors (Lipinski definition) is 5. The number of carboxylic acid groups (broad SMARTS) is 1.